The van der Waals surface area contributed by atoms with Gasteiger partial charge in [-0.2, -0.15) is 10.4 Å². The van der Waals surface area contributed by atoms with Crippen molar-refractivity contribution >= 4 is 0 Å². The van der Waals surface area contributed by atoms with Gasteiger partial charge in [-0.3, -0.25) is 4.68 Å². The van der Waals surface area contributed by atoms with Gasteiger partial charge in [0.2, 0.25) is 6.79 Å². The monoisotopic (exact) mass is 315 g/mol. The molecule has 1 aromatic heterocycles. The number of hydrogen-bond donors (Lipinski definition) is 1. The average Bonchev–Trinajstić information content (AvgIpc) is 2.92. The van der Waals surface area contributed by atoms with Crippen molar-refractivity contribution in [2.24, 2.45) is 0 Å². The molecule has 1 heterocycles. The number of hydrogen-bond acceptors (Lipinski definition) is 5. The lowest BCUT2D eigenvalue weighted by Crippen LogP contribution is -2.10. The maximum absolute atomic E-state index is 9.13. The summed E-state index contributed by atoms with van der Waals surface area (Å²) < 4.78 is 13.1. The lowest BCUT2D eigenvalue weighted by Gasteiger charge is -2.10. The van der Waals surface area contributed by atoms with E-state index in [1.54, 1.807) is 28.9 Å². The zero-order valence-electron chi connectivity index (χ0n) is 13.5. The molecule has 0 unspecified atom stereocenters. The van der Waals surface area contributed by atoms with Crippen LogP contribution in [0.1, 0.15) is 30.8 Å². The highest BCUT2D eigenvalue weighted by Crippen LogP contribution is 2.25. The Balaban J connectivity index is 2.08. The molecule has 0 atom stereocenters. The van der Waals surface area contributed by atoms with E-state index in [1.165, 1.54) is 0 Å². The Morgan fingerprint density at radius 3 is 2.74 bits per heavy atom. The van der Waals surface area contributed by atoms with Gasteiger partial charge in [0, 0.05) is 0 Å². The summed E-state index contributed by atoms with van der Waals surface area (Å²) in [6.07, 6.45) is 1.50. The lowest BCUT2D eigenvalue weighted by molar-refractivity contribution is 0.117. The van der Waals surface area contributed by atoms with Gasteiger partial charge in [-0.05, 0) is 31.0 Å². The first-order valence-electron chi connectivity index (χ1n) is 7.68. The minimum Gasteiger partial charge on any atom is -0.457 e. The maximum Gasteiger partial charge on any atom is 0.231 e. The second kappa shape index (κ2) is 8.20. The number of aromatic nitrogens is 2. The van der Waals surface area contributed by atoms with Crippen LogP contribution in [0.3, 0.4) is 0 Å². The Labute approximate surface area is 135 Å². The Kier molecular flexibility index (Phi) is 6.01. The third kappa shape index (κ3) is 4.02. The molecule has 0 radical (unpaired) electrons. The van der Waals surface area contributed by atoms with Crippen LogP contribution in [-0.4, -0.2) is 28.3 Å². The lowest BCUT2D eigenvalue weighted by atomic mass is 10.2. The molecule has 0 amide bonds. The van der Waals surface area contributed by atoms with E-state index in [1.807, 2.05) is 13.8 Å². The summed E-state index contributed by atoms with van der Waals surface area (Å²) in [4.78, 5) is 0. The van der Waals surface area contributed by atoms with E-state index >= 15 is 0 Å². The maximum atomic E-state index is 9.13. The zero-order valence-corrected chi connectivity index (χ0v) is 13.5. The van der Waals surface area contributed by atoms with Gasteiger partial charge in [-0.25, -0.2) is 0 Å². The van der Waals surface area contributed by atoms with E-state index < -0.39 is 0 Å². The summed E-state index contributed by atoms with van der Waals surface area (Å²) in [5.41, 5.74) is 2.34. The summed E-state index contributed by atoms with van der Waals surface area (Å²) in [6.45, 7) is 4.56. The molecule has 2 aromatic rings. The molecular formula is C17H21N3O3. The second-order valence-corrected chi connectivity index (χ2v) is 4.92. The van der Waals surface area contributed by atoms with Crippen molar-refractivity contribution in [3.05, 3.63) is 41.2 Å². The zero-order chi connectivity index (χ0) is 16.7. The number of aliphatic hydroxyl groups is 1. The van der Waals surface area contributed by atoms with Crippen molar-refractivity contribution < 1.29 is 14.6 Å². The van der Waals surface area contributed by atoms with Crippen LogP contribution in [0.5, 0.6) is 11.5 Å². The van der Waals surface area contributed by atoms with Crippen LogP contribution in [-0.2, 0) is 19.4 Å². The van der Waals surface area contributed by atoms with E-state index in [-0.39, 0.29) is 13.4 Å². The molecule has 122 valence electrons. The molecule has 0 saturated heterocycles. The molecule has 1 N–H and O–H groups in total. The fraction of sp³-hybridized carbons (Fsp3) is 0.412. The molecule has 0 aliphatic carbocycles. The highest BCUT2D eigenvalue weighted by Gasteiger charge is 2.16. The molecule has 1 aromatic carbocycles. The van der Waals surface area contributed by atoms with E-state index in [4.69, 9.17) is 19.8 Å². The fourth-order valence-corrected chi connectivity index (χ4v) is 2.37. The first-order chi connectivity index (χ1) is 11.2. The van der Waals surface area contributed by atoms with Gasteiger partial charge in [0.05, 0.1) is 30.5 Å². The third-order valence-electron chi connectivity index (χ3n) is 3.45. The molecule has 0 bridgehead atoms. The van der Waals surface area contributed by atoms with Gasteiger partial charge in [-0.1, -0.05) is 19.9 Å². The first kappa shape index (κ1) is 16.8. The number of benzene rings is 1. The minimum absolute atomic E-state index is 0.0364. The standard InChI is InChI=1S/C17H21N3O3/c1-3-15-17(16(4-2)20(19-15)8-9-21)23-12-22-14-7-5-6-13(10-14)11-18/h5-7,10,21H,3-4,8-9,12H2,1-2H3. The van der Waals surface area contributed by atoms with Crippen LogP contribution < -0.4 is 9.47 Å². The topological polar surface area (TPSA) is 80.3 Å². The van der Waals surface area contributed by atoms with Gasteiger partial charge >= 0.3 is 0 Å². The molecule has 0 aliphatic heterocycles. The van der Waals surface area contributed by atoms with Gasteiger partial charge in [-0.15, -0.1) is 0 Å². The van der Waals surface area contributed by atoms with Gasteiger partial charge < -0.3 is 14.6 Å². The number of aliphatic hydroxyl groups excluding tert-OH is 1. The predicted octanol–water partition coefficient (Wildman–Crippen LogP) is 2.29. The van der Waals surface area contributed by atoms with Crippen molar-refractivity contribution in [1.82, 2.24) is 9.78 Å². The number of nitriles is 1. The quantitative estimate of drug-likeness (QED) is 0.756. The van der Waals surface area contributed by atoms with E-state index in [0.717, 1.165) is 30.0 Å². The number of nitrogens with zero attached hydrogens (tertiary/aromatic N) is 3. The Morgan fingerprint density at radius 2 is 2.09 bits per heavy atom. The van der Waals surface area contributed by atoms with Gasteiger partial charge in [0.15, 0.2) is 5.75 Å². The van der Waals surface area contributed by atoms with Crippen LogP contribution in [0.2, 0.25) is 0 Å². The summed E-state index contributed by atoms with van der Waals surface area (Å²) in [7, 11) is 0. The van der Waals surface area contributed by atoms with E-state index in [9.17, 15) is 0 Å². The van der Waals surface area contributed by atoms with Gasteiger partial charge in [0.25, 0.3) is 0 Å². The number of rotatable bonds is 8. The Morgan fingerprint density at radius 1 is 1.26 bits per heavy atom. The summed E-state index contributed by atoms with van der Waals surface area (Å²) in [6, 6.07) is 9.00. The van der Waals surface area contributed by atoms with Crippen LogP contribution in [0.25, 0.3) is 0 Å². The highest BCUT2D eigenvalue weighted by atomic mass is 16.7. The number of ether oxygens (including phenoxy) is 2. The molecular weight excluding hydrogens is 294 g/mol. The summed E-state index contributed by atoms with van der Waals surface area (Å²) in [5.74, 6) is 1.31. The van der Waals surface area contributed by atoms with E-state index in [0.29, 0.717) is 17.9 Å². The predicted molar refractivity (Wildman–Crippen MR) is 85.3 cm³/mol. The molecule has 0 aliphatic rings. The van der Waals surface area contributed by atoms with Crippen LogP contribution in [0, 0.1) is 11.3 Å². The molecule has 0 saturated carbocycles. The third-order valence-corrected chi connectivity index (χ3v) is 3.45. The summed E-state index contributed by atoms with van der Waals surface area (Å²) >= 11 is 0. The SMILES string of the molecule is CCc1nn(CCO)c(CC)c1OCOc1cccc(C#N)c1. The Hall–Kier alpha value is -2.52. The van der Waals surface area contributed by atoms with Crippen molar-refractivity contribution in [3.63, 3.8) is 0 Å². The van der Waals surface area contributed by atoms with Crippen molar-refractivity contribution in [1.29, 1.82) is 5.26 Å². The Bertz CT molecular complexity index is 689. The molecule has 6 heteroatoms. The van der Waals surface area contributed by atoms with Crippen LogP contribution >= 0.6 is 0 Å². The average molecular weight is 315 g/mol. The first-order valence-corrected chi connectivity index (χ1v) is 7.68. The normalized spacial score (nSPS) is 10.3. The molecule has 23 heavy (non-hydrogen) atoms. The fourth-order valence-electron chi connectivity index (χ4n) is 2.37. The molecule has 0 spiro atoms. The summed E-state index contributed by atoms with van der Waals surface area (Å²) in [5, 5.41) is 22.5. The smallest absolute Gasteiger partial charge is 0.231 e. The van der Waals surface area contributed by atoms with Crippen molar-refractivity contribution in [2.45, 2.75) is 33.2 Å². The van der Waals surface area contributed by atoms with Crippen LogP contribution in [0.15, 0.2) is 24.3 Å². The molecule has 6 nitrogen and oxygen atoms in total. The molecule has 0 fully saturated rings. The second-order valence-electron chi connectivity index (χ2n) is 4.92. The van der Waals surface area contributed by atoms with Crippen molar-refractivity contribution in [3.8, 4) is 17.6 Å². The molecule has 2 rings (SSSR count). The highest BCUT2D eigenvalue weighted by molar-refractivity contribution is 5.36. The largest absolute Gasteiger partial charge is 0.457 e. The number of aryl methyl sites for hydroxylation is 1. The van der Waals surface area contributed by atoms with Crippen LogP contribution in [0.4, 0.5) is 0 Å². The minimum atomic E-state index is 0.0364. The van der Waals surface area contributed by atoms with Gasteiger partial charge in [0.1, 0.15) is 11.4 Å². The van der Waals surface area contributed by atoms with E-state index in [2.05, 4.69) is 11.2 Å². The van der Waals surface area contributed by atoms with Crippen molar-refractivity contribution in [2.75, 3.05) is 13.4 Å².